The van der Waals surface area contributed by atoms with E-state index in [4.69, 9.17) is 23.2 Å². The lowest BCUT2D eigenvalue weighted by Gasteiger charge is -1.97. The first-order valence-corrected chi connectivity index (χ1v) is 7.52. The zero-order valence-corrected chi connectivity index (χ0v) is 12.9. The third-order valence-electron chi connectivity index (χ3n) is 2.70. The number of nitrogens with zero attached hydrogens (tertiary/aromatic N) is 4. The first-order valence-electron chi connectivity index (χ1n) is 5.95. The first-order chi connectivity index (χ1) is 10.1. The van der Waals surface area contributed by atoms with E-state index in [1.54, 1.807) is 24.3 Å². The quantitative estimate of drug-likeness (QED) is 0.682. The van der Waals surface area contributed by atoms with E-state index in [1.165, 1.54) is 16.1 Å². The van der Waals surface area contributed by atoms with Crippen molar-refractivity contribution in [1.29, 1.82) is 0 Å². The Kier molecular flexibility index (Phi) is 4.01. The SMILES string of the molecule is O=C(Cn1nnc(-c2ccccc2Cl)n1)c1ccc(Cl)s1. The standard InChI is InChI=1S/C13H8Cl2N4OS/c14-9-4-2-1-3-8(9)13-16-18-19(17-13)7-10(20)11-5-6-12(15)21-11/h1-6H,7H2. The van der Waals surface area contributed by atoms with Gasteiger partial charge in [-0.1, -0.05) is 35.3 Å². The summed E-state index contributed by atoms with van der Waals surface area (Å²) in [5, 5.41) is 12.5. The Morgan fingerprint density at radius 3 is 2.71 bits per heavy atom. The zero-order valence-electron chi connectivity index (χ0n) is 10.5. The van der Waals surface area contributed by atoms with Crippen LogP contribution in [0.1, 0.15) is 9.67 Å². The molecule has 1 aromatic carbocycles. The van der Waals surface area contributed by atoms with E-state index in [9.17, 15) is 4.79 Å². The van der Waals surface area contributed by atoms with Gasteiger partial charge in [-0.25, -0.2) is 0 Å². The van der Waals surface area contributed by atoms with E-state index in [0.717, 1.165) is 0 Å². The second-order valence-electron chi connectivity index (χ2n) is 4.15. The molecule has 2 heterocycles. The highest BCUT2D eigenvalue weighted by Crippen LogP contribution is 2.24. The average molecular weight is 339 g/mol. The minimum atomic E-state index is -0.116. The maximum atomic E-state index is 12.0. The van der Waals surface area contributed by atoms with Crippen molar-refractivity contribution in [2.75, 3.05) is 0 Å². The molecule has 0 aliphatic rings. The van der Waals surface area contributed by atoms with Crippen LogP contribution in [0.25, 0.3) is 11.4 Å². The number of carbonyl (C=O) groups excluding carboxylic acids is 1. The third kappa shape index (κ3) is 3.12. The highest BCUT2D eigenvalue weighted by atomic mass is 35.5. The number of tetrazole rings is 1. The van der Waals surface area contributed by atoms with Crippen molar-refractivity contribution in [3.8, 4) is 11.4 Å². The van der Waals surface area contributed by atoms with Gasteiger partial charge >= 0.3 is 0 Å². The highest BCUT2D eigenvalue weighted by Gasteiger charge is 2.14. The van der Waals surface area contributed by atoms with Gasteiger partial charge in [0.2, 0.25) is 5.82 Å². The molecule has 0 aliphatic carbocycles. The van der Waals surface area contributed by atoms with Crippen LogP contribution in [0.5, 0.6) is 0 Å². The maximum absolute atomic E-state index is 12.0. The van der Waals surface area contributed by atoms with Crippen LogP contribution < -0.4 is 0 Å². The van der Waals surface area contributed by atoms with Crippen molar-refractivity contribution in [1.82, 2.24) is 20.2 Å². The largest absolute Gasteiger partial charge is 0.291 e. The lowest BCUT2D eigenvalue weighted by molar-refractivity contribution is 0.0965. The van der Waals surface area contributed by atoms with Crippen LogP contribution in [0.15, 0.2) is 36.4 Å². The van der Waals surface area contributed by atoms with E-state index in [-0.39, 0.29) is 12.3 Å². The summed E-state index contributed by atoms with van der Waals surface area (Å²) >= 11 is 13.1. The van der Waals surface area contributed by atoms with Gasteiger partial charge in [0.25, 0.3) is 0 Å². The molecule has 0 radical (unpaired) electrons. The van der Waals surface area contributed by atoms with Gasteiger partial charge in [-0.3, -0.25) is 4.79 Å². The summed E-state index contributed by atoms with van der Waals surface area (Å²) in [7, 11) is 0. The van der Waals surface area contributed by atoms with Crippen LogP contribution in [0, 0.1) is 0 Å². The van der Waals surface area contributed by atoms with Crippen LogP contribution in [-0.4, -0.2) is 26.0 Å². The topological polar surface area (TPSA) is 60.7 Å². The molecule has 5 nitrogen and oxygen atoms in total. The van der Waals surface area contributed by atoms with E-state index < -0.39 is 0 Å². The van der Waals surface area contributed by atoms with Gasteiger partial charge in [-0.05, 0) is 29.5 Å². The van der Waals surface area contributed by atoms with Gasteiger partial charge in [0, 0.05) is 5.56 Å². The maximum Gasteiger partial charge on any atom is 0.206 e. The van der Waals surface area contributed by atoms with Crippen LogP contribution in [-0.2, 0) is 6.54 Å². The van der Waals surface area contributed by atoms with Crippen LogP contribution >= 0.6 is 34.5 Å². The van der Waals surface area contributed by atoms with E-state index in [2.05, 4.69) is 15.4 Å². The fourth-order valence-electron chi connectivity index (χ4n) is 1.73. The Labute approximate surface area is 134 Å². The molecule has 0 N–H and O–H groups in total. The van der Waals surface area contributed by atoms with Crippen molar-refractivity contribution in [3.05, 3.63) is 50.6 Å². The van der Waals surface area contributed by atoms with Gasteiger partial charge in [-0.15, -0.1) is 21.5 Å². The van der Waals surface area contributed by atoms with Crippen molar-refractivity contribution in [2.24, 2.45) is 0 Å². The van der Waals surface area contributed by atoms with Gasteiger partial charge in [0.15, 0.2) is 5.78 Å². The Bertz CT molecular complexity index is 799. The van der Waals surface area contributed by atoms with Crippen molar-refractivity contribution in [2.45, 2.75) is 6.54 Å². The summed E-state index contributed by atoms with van der Waals surface area (Å²) < 4.78 is 0.571. The Hall–Kier alpha value is -1.76. The van der Waals surface area contributed by atoms with Crippen molar-refractivity contribution >= 4 is 40.3 Å². The van der Waals surface area contributed by atoms with Gasteiger partial charge < -0.3 is 0 Å². The minimum absolute atomic E-state index is 0.00823. The molecular weight excluding hydrogens is 331 g/mol. The normalized spacial score (nSPS) is 10.8. The molecule has 2 aromatic heterocycles. The van der Waals surface area contributed by atoms with Crippen molar-refractivity contribution in [3.63, 3.8) is 0 Å². The third-order valence-corrected chi connectivity index (χ3v) is 4.30. The summed E-state index contributed by atoms with van der Waals surface area (Å²) in [5.41, 5.74) is 0.678. The fourth-order valence-corrected chi connectivity index (χ4v) is 2.92. The number of ketones is 1. The fraction of sp³-hybridized carbons (Fsp3) is 0.0769. The number of hydrogen-bond acceptors (Lipinski definition) is 5. The number of thiophene rings is 1. The van der Waals surface area contributed by atoms with Gasteiger partial charge in [0.05, 0.1) is 14.2 Å². The molecule has 0 bridgehead atoms. The molecular formula is C13H8Cl2N4OS. The number of benzene rings is 1. The molecule has 0 fully saturated rings. The highest BCUT2D eigenvalue weighted by molar-refractivity contribution is 7.18. The summed E-state index contributed by atoms with van der Waals surface area (Å²) in [4.78, 5) is 13.8. The number of hydrogen-bond donors (Lipinski definition) is 0. The number of carbonyl (C=O) groups is 1. The summed E-state index contributed by atoms with van der Waals surface area (Å²) in [6.45, 7) is 0.00823. The first kappa shape index (κ1) is 14.2. The number of rotatable bonds is 4. The van der Waals surface area contributed by atoms with E-state index >= 15 is 0 Å². The van der Waals surface area contributed by atoms with Crippen molar-refractivity contribution < 1.29 is 4.79 Å². The second kappa shape index (κ2) is 5.93. The lowest BCUT2D eigenvalue weighted by atomic mass is 10.2. The molecule has 3 aromatic rings. The zero-order chi connectivity index (χ0) is 14.8. The number of halogens is 2. The summed E-state index contributed by atoms with van der Waals surface area (Å²) in [6.07, 6.45) is 0. The van der Waals surface area contributed by atoms with Crippen LogP contribution in [0.3, 0.4) is 0 Å². The molecule has 0 amide bonds. The molecule has 0 saturated heterocycles. The lowest BCUT2D eigenvalue weighted by Crippen LogP contribution is -2.12. The second-order valence-corrected chi connectivity index (χ2v) is 6.27. The smallest absolute Gasteiger partial charge is 0.206 e. The van der Waals surface area contributed by atoms with Gasteiger partial charge in [-0.2, -0.15) is 4.80 Å². The Balaban J connectivity index is 1.80. The molecule has 21 heavy (non-hydrogen) atoms. The van der Waals surface area contributed by atoms with Crippen LogP contribution in [0.4, 0.5) is 0 Å². The molecule has 106 valence electrons. The van der Waals surface area contributed by atoms with E-state index in [1.807, 2.05) is 12.1 Å². The molecule has 8 heteroatoms. The molecule has 0 atom stereocenters. The van der Waals surface area contributed by atoms with E-state index in [0.29, 0.717) is 25.6 Å². The molecule has 0 spiro atoms. The molecule has 3 rings (SSSR count). The molecule has 0 aliphatic heterocycles. The summed E-state index contributed by atoms with van der Waals surface area (Å²) in [5.74, 6) is 0.271. The molecule has 0 unspecified atom stereocenters. The Morgan fingerprint density at radius 1 is 1.19 bits per heavy atom. The number of Topliss-reactive ketones (excluding diaryl/α,β-unsaturated/α-hetero) is 1. The molecule has 0 saturated carbocycles. The predicted molar refractivity (Wildman–Crippen MR) is 81.9 cm³/mol. The predicted octanol–water partition coefficient (Wildman–Crippen LogP) is 3.59. The minimum Gasteiger partial charge on any atom is -0.291 e. The monoisotopic (exact) mass is 338 g/mol. The van der Waals surface area contributed by atoms with Gasteiger partial charge in [0.1, 0.15) is 6.54 Å². The average Bonchev–Trinajstić information content (AvgIpc) is 3.08. The number of aromatic nitrogens is 4. The van der Waals surface area contributed by atoms with Crippen LogP contribution in [0.2, 0.25) is 9.36 Å². The Morgan fingerprint density at radius 2 is 2.00 bits per heavy atom. The summed E-state index contributed by atoms with van der Waals surface area (Å²) in [6, 6.07) is 10.6.